The first-order valence-electron chi connectivity index (χ1n) is 9.34. The van der Waals surface area contributed by atoms with E-state index in [9.17, 15) is 18.0 Å². The zero-order valence-corrected chi connectivity index (χ0v) is 16.3. The van der Waals surface area contributed by atoms with E-state index < -0.39 is 42.1 Å². The Morgan fingerprint density at radius 1 is 1.32 bits per heavy atom. The highest BCUT2D eigenvalue weighted by Gasteiger charge is 2.62. The molecule has 160 valence electrons. The summed E-state index contributed by atoms with van der Waals surface area (Å²) >= 11 is 0. The van der Waals surface area contributed by atoms with Crippen molar-refractivity contribution in [2.75, 3.05) is 6.61 Å². The fourth-order valence-electron chi connectivity index (χ4n) is 3.83. The van der Waals surface area contributed by atoms with E-state index in [2.05, 4.69) is 9.98 Å². The van der Waals surface area contributed by atoms with Gasteiger partial charge in [0.2, 0.25) is 0 Å². The number of ether oxygens (including phenoxy) is 2. The lowest BCUT2D eigenvalue weighted by atomic mass is 9.81. The van der Waals surface area contributed by atoms with Gasteiger partial charge in [-0.05, 0) is 36.8 Å². The lowest BCUT2D eigenvalue weighted by Gasteiger charge is -2.39. The zero-order chi connectivity index (χ0) is 22.4. The van der Waals surface area contributed by atoms with Crippen LogP contribution in [-0.4, -0.2) is 41.5 Å². The number of halogens is 3. The maximum atomic E-state index is 14.8. The third-order valence-corrected chi connectivity index (χ3v) is 5.41. The molecule has 10 heteroatoms. The van der Waals surface area contributed by atoms with E-state index in [0.717, 1.165) is 6.07 Å². The number of ketones is 1. The fourth-order valence-corrected chi connectivity index (χ4v) is 3.83. The SMILES string of the molecule is C[C@]1(c2cc(CC(=O)c3ccc(C#N)cn3)ccc2F)N=C(N)OC2[C@@H]1OCC2(F)F. The molecule has 2 N–H and O–H groups in total. The first-order valence-corrected chi connectivity index (χ1v) is 9.34. The van der Waals surface area contributed by atoms with Crippen LogP contribution in [-0.2, 0) is 21.4 Å². The van der Waals surface area contributed by atoms with Crippen molar-refractivity contribution in [1.82, 2.24) is 4.98 Å². The molecular weight excluding hydrogens is 413 g/mol. The van der Waals surface area contributed by atoms with Crippen LogP contribution in [0.2, 0.25) is 0 Å². The number of Topliss-reactive ketones (excluding diaryl/α,β-unsaturated/α-hetero) is 1. The second-order valence-corrected chi connectivity index (χ2v) is 7.59. The molecule has 3 atom stereocenters. The Morgan fingerprint density at radius 2 is 2.10 bits per heavy atom. The summed E-state index contributed by atoms with van der Waals surface area (Å²) in [5.41, 5.74) is 4.89. The molecule has 0 aliphatic carbocycles. The first kappa shape index (κ1) is 20.8. The van der Waals surface area contributed by atoms with E-state index in [0.29, 0.717) is 11.1 Å². The van der Waals surface area contributed by atoms with Crippen molar-refractivity contribution in [1.29, 1.82) is 5.26 Å². The van der Waals surface area contributed by atoms with Gasteiger partial charge in [-0.25, -0.2) is 9.38 Å². The summed E-state index contributed by atoms with van der Waals surface area (Å²) in [6.07, 6.45) is -1.82. The molecule has 3 heterocycles. The second kappa shape index (κ2) is 7.35. The van der Waals surface area contributed by atoms with Gasteiger partial charge in [-0.3, -0.25) is 9.78 Å². The number of amidine groups is 1. The van der Waals surface area contributed by atoms with Crippen LogP contribution >= 0.6 is 0 Å². The Kier molecular flexibility index (Phi) is 4.94. The van der Waals surface area contributed by atoms with Crippen LogP contribution in [0.1, 0.15) is 34.1 Å². The van der Waals surface area contributed by atoms with E-state index in [1.54, 1.807) is 0 Å². The molecule has 0 radical (unpaired) electrons. The lowest BCUT2D eigenvalue weighted by Crippen LogP contribution is -2.54. The van der Waals surface area contributed by atoms with E-state index in [4.69, 9.17) is 20.5 Å². The minimum absolute atomic E-state index is 0.0375. The molecule has 2 aromatic rings. The Hall–Kier alpha value is -3.45. The number of hydrogen-bond acceptors (Lipinski definition) is 7. The molecule has 31 heavy (non-hydrogen) atoms. The average molecular weight is 430 g/mol. The normalized spacial score (nSPS) is 26.4. The van der Waals surface area contributed by atoms with E-state index >= 15 is 0 Å². The number of carbonyl (C=O) groups is 1. The largest absolute Gasteiger partial charge is 0.453 e. The number of carbonyl (C=O) groups excluding carboxylic acids is 1. The molecule has 0 saturated carbocycles. The molecule has 0 spiro atoms. The Labute approximate surface area is 175 Å². The molecule has 1 unspecified atom stereocenters. The second-order valence-electron chi connectivity index (χ2n) is 7.59. The van der Waals surface area contributed by atoms with Gasteiger partial charge in [0.1, 0.15) is 35.8 Å². The van der Waals surface area contributed by atoms with Crippen molar-refractivity contribution in [3.05, 3.63) is 64.7 Å². The number of aliphatic imine (C=N–C) groups is 1. The highest BCUT2D eigenvalue weighted by Crippen LogP contribution is 2.46. The number of aromatic nitrogens is 1. The Bertz CT molecular complexity index is 1110. The summed E-state index contributed by atoms with van der Waals surface area (Å²) < 4.78 is 53.4. The predicted octanol–water partition coefficient (Wildman–Crippen LogP) is 2.48. The molecule has 0 amide bonds. The summed E-state index contributed by atoms with van der Waals surface area (Å²) in [6.45, 7) is 0.540. The van der Waals surface area contributed by atoms with Gasteiger partial charge in [-0.2, -0.15) is 14.0 Å². The fraction of sp³-hybridized carbons (Fsp3) is 0.333. The van der Waals surface area contributed by atoms with E-state index in [-0.39, 0.29) is 23.5 Å². The average Bonchev–Trinajstić information content (AvgIpc) is 3.04. The number of rotatable bonds is 4. The lowest BCUT2D eigenvalue weighted by molar-refractivity contribution is -0.0876. The number of fused-ring (bicyclic) bond motifs is 1. The van der Waals surface area contributed by atoms with Crippen molar-refractivity contribution in [2.45, 2.75) is 37.0 Å². The van der Waals surface area contributed by atoms with Gasteiger partial charge >= 0.3 is 5.92 Å². The Balaban J connectivity index is 1.67. The summed E-state index contributed by atoms with van der Waals surface area (Å²) in [7, 11) is 0. The van der Waals surface area contributed by atoms with Crippen LogP contribution in [0.3, 0.4) is 0 Å². The summed E-state index contributed by atoms with van der Waals surface area (Å²) in [5.74, 6) is -4.37. The molecule has 1 fully saturated rings. The molecular formula is C21H17F3N4O3. The molecule has 2 aliphatic rings. The highest BCUT2D eigenvalue weighted by molar-refractivity contribution is 5.95. The summed E-state index contributed by atoms with van der Waals surface area (Å²) in [6, 6.07) is 8.25. The van der Waals surface area contributed by atoms with Crippen LogP contribution in [0.4, 0.5) is 13.2 Å². The number of nitrogens with two attached hydrogens (primary N) is 1. The van der Waals surface area contributed by atoms with Crippen molar-refractivity contribution in [2.24, 2.45) is 10.7 Å². The van der Waals surface area contributed by atoms with Crippen LogP contribution < -0.4 is 5.73 Å². The van der Waals surface area contributed by atoms with Gasteiger partial charge in [-0.15, -0.1) is 0 Å². The molecule has 0 bridgehead atoms. The van der Waals surface area contributed by atoms with E-state index in [1.807, 2.05) is 6.07 Å². The minimum atomic E-state index is -3.31. The maximum Gasteiger partial charge on any atom is 0.309 e. The molecule has 2 aliphatic heterocycles. The van der Waals surface area contributed by atoms with Crippen LogP contribution in [0, 0.1) is 17.1 Å². The number of nitrogens with zero attached hydrogens (tertiary/aromatic N) is 3. The van der Waals surface area contributed by atoms with Crippen LogP contribution in [0.5, 0.6) is 0 Å². The minimum Gasteiger partial charge on any atom is -0.453 e. The summed E-state index contributed by atoms with van der Waals surface area (Å²) in [5, 5.41) is 8.83. The standard InChI is InChI=1S/C21H17F3N4O3/c1-20(17-18(31-19(26)28-20)21(23,24)10-30-17)13-6-11(2-4-14(13)22)7-16(29)15-5-3-12(8-25)9-27-15/h2-6,9,17-18H,7,10H2,1H3,(H2,26,28)/t17-,18?,20+/m0/s1. The monoisotopic (exact) mass is 430 g/mol. The van der Waals surface area contributed by atoms with Crippen molar-refractivity contribution in [3.63, 3.8) is 0 Å². The third kappa shape index (κ3) is 3.61. The summed E-state index contributed by atoms with van der Waals surface area (Å²) in [4.78, 5) is 20.6. The topological polar surface area (TPSA) is 111 Å². The number of hydrogen-bond donors (Lipinski definition) is 1. The number of benzene rings is 1. The van der Waals surface area contributed by atoms with Gasteiger partial charge in [0, 0.05) is 18.2 Å². The van der Waals surface area contributed by atoms with Gasteiger partial charge in [0.15, 0.2) is 11.9 Å². The van der Waals surface area contributed by atoms with E-state index in [1.165, 1.54) is 37.4 Å². The first-order chi connectivity index (χ1) is 14.6. The quantitative estimate of drug-likeness (QED) is 0.747. The van der Waals surface area contributed by atoms with Gasteiger partial charge in [0.05, 0.1) is 5.56 Å². The van der Waals surface area contributed by atoms with Crippen molar-refractivity contribution in [3.8, 4) is 6.07 Å². The molecule has 1 saturated heterocycles. The molecule has 7 nitrogen and oxygen atoms in total. The highest BCUT2D eigenvalue weighted by atomic mass is 19.3. The van der Waals surface area contributed by atoms with Gasteiger partial charge in [-0.1, -0.05) is 6.07 Å². The van der Waals surface area contributed by atoms with Crippen LogP contribution in [0.15, 0.2) is 41.5 Å². The number of alkyl halides is 2. The van der Waals surface area contributed by atoms with Gasteiger partial charge < -0.3 is 15.2 Å². The predicted molar refractivity (Wildman–Crippen MR) is 102 cm³/mol. The van der Waals surface area contributed by atoms with Crippen LogP contribution in [0.25, 0.3) is 0 Å². The Morgan fingerprint density at radius 3 is 2.77 bits per heavy atom. The molecule has 1 aromatic carbocycles. The third-order valence-electron chi connectivity index (χ3n) is 5.41. The van der Waals surface area contributed by atoms with Gasteiger partial charge in [0.25, 0.3) is 6.02 Å². The maximum absolute atomic E-state index is 14.8. The number of pyridine rings is 1. The van der Waals surface area contributed by atoms with Crippen molar-refractivity contribution >= 4 is 11.8 Å². The number of nitriles is 1. The van der Waals surface area contributed by atoms with Crippen molar-refractivity contribution < 1.29 is 27.4 Å². The zero-order valence-electron chi connectivity index (χ0n) is 16.3. The molecule has 4 rings (SSSR count). The molecule has 1 aromatic heterocycles. The smallest absolute Gasteiger partial charge is 0.309 e.